The molecule has 0 saturated heterocycles. The van der Waals surface area contributed by atoms with Gasteiger partial charge in [-0.1, -0.05) is 25.2 Å². The molecule has 1 nitrogen and oxygen atoms in total. The second kappa shape index (κ2) is 4.80. The van der Waals surface area contributed by atoms with E-state index in [4.69, 9.17) is 0 Å². The molecule has 2 aliphatic rings. The molecule has 1 unspecified atom stereocenters. The van der Waals surface area contributed by atoms with Gasteiger partial charge in [0.15, 0.2) is 0 Å². The lowest BCUT2D eigenvalue weighted by Crippen LogP contribution is -1.99. The third kappa shape index (κ3) is 2.30. The van der Waals surface area contributed by atoms with Gasteiger partial charge in [-0.15, -0.1) is 0 Å². The van der Waals surface area contributed by atoms with E-state index in [0.29, 0.717) is 5.92 Å². The molecule has 0 aliphatic heterocycles. The SMILES string of the molecule is C=C(O)c1cc2c(c(C)c1/C=C(\C)C1CC1)CC(C)C2. The topological polar surface area (TPSA) is 20.2 Å². The first-order chi connectivity index (χ1) is 9.47. The highest BCUT2D eigenvalue weighted by Crippen LogP contribution is 2.40. The first-order valence-corrected chi connectivity index (χ1v) is 7.69. The van der Waals surface area contributed by atoms with Gasteiger partial charge in [-0.25, -0.2) is 0 Å². The van der Waals surface area contributed by atoms with Crippen LogP contribution in [0.5, 0.6) is 0 Å². The Balaban J connectivity index is 2.14. The second-order valence-corrected chi connectivity index (χ2v) is 6.72. The number of hydrogen-bond donors (Lipinski definition) is 1. The summed E-state index contributed by atoms with van der Waals surface area (Å²) in [6, 6.07) is 2.17. The molecule has 1 heteroatoms. The monoisotopic (exact) mass is 268 g/mol. The fraction of sp³-hybridized carbons (Fsp3) is 0.474. The van der Waals surface area contributed by atoms with Crippen molar-refractivity contribution in [1.29, 1.82) is 0 Å². The van der Waals surface area contributed by atoms with Gasteiger partial charge in [-0.2, -0.15) is 0 Å². The van der Waals surface area contributed by atoms with E-state index >= 15 is 0 Å². The van der Waals surface area contributed by atoms with Crippen LogP contribution in [0.15, 0.2) is 18.2 Å². The highest BCUT2D eigenvalue weighted by Gasteiger charge is 2.26. The maximum atomic E-state index is 9.97. The van der Waals surface area contributed by atoms with Gasteiger partial charge in [0.2, 0.25) is 0 Å². The van der Waals surface area contributed by atoms with E-state index in [-0.39, 0.29) is 5.76 Å². The Morgan fingerprint density at radius 1 is 1.35 bits per heavy atom. The Bertz CT molecular complexity index is 603. The first kappa shape index (κ1) is 13.5. The quantitative estimate of drug-likeness (QED) is 0.759. The molecule has 0 bridgehead atoms. The predicted molar refractivity (Wildman–Crippen MR) is 85.8 cm³/mol. The highest BCUT2D eigenvalue weighted by atomic mass is 16.3. The van der Waals surface area contributed by atoms with Crippen LogP contribution in [0.4, 0.5) is 0 Å². The molecule has 0 aromatic heterocycles. The van der Waals surface area contributed by atoms with Crippen molar-refractivity contribution < 1.29 is 5.11 Å². The molecule has 1 atom stereocenters. The Kier molecular flexibility index (Phi) is 3.24. The largest absolute Gasteiger partial charge is 0.508 e. The van der Waals surface area contributed by atoms with E-state index in [1.165, 1.54) is 47.1 Å². The Labute approximate surface area is 122 Å². The van der Waals surface area contributed by atoms with Crippen LogP contribution in [-0.2, 0) is 12.8 Å². The lowest BCUT2D eigenvalue weighted by molar-refractivity contribution is 0.513. The molecule has 1 saturated carbocycles. The molecular formula is C19H24O. The standard InChI is InChI=1S/C19H24O/c1-11-7-16-10-19(14(4)20)18(13(3)17(16)8-11)9-12(2)15-5-6-15/h9-11,15,20H,4-8H2,1-3H3/b12-9+. The lowest BCUT2D eigenvalue weighted by Gasteiger charge is -2.15. The normalized spacial score (nSPS) is 21.9. The molecular weight excluding hydrogens is 244 g/mol. The third-order valence-electron chi connectivity index (χ3n) is 4.88. The summed E-state index contributed by atoms with van der Waals surface area (Å²) in [7, 11) is 0. The predicted octanol–water partition coefficient (Wildman–Crippen LogP) is 5.07. The Morgan fingerprint density at radius 2 is 2.05 bits per heavy atom. The zero-order valence-electron chi connectivity index (χ0n) is 12.8. The van der Waals surface area contributed by atoms with Crippen LogP contribution in [0, 0.1) is 18.8 Å². The van der Waals surface area contributed by atoms with Crippen molar-refractivity contribution in [3.05, 3.63) is 46.0 Å². The number of aliphatic hydroxyl groups is 1. The highest BCUT2D eigenvalue weighted by molar-refractivity contribution is 5.74. The number of rotatable bonds is 3. The zero-order valence-corrected chi connectivity index (χ0v) is 12.8. The van der Waals surface area contributed by atoms with Crippen LogP contribution in [0.3, 0.4) is 0 Å². The van der Waals surface area contributed by atoms with E-state index < -0.39 is 0 Å². The summed E-state index contributed by atoms with van der Waals surface area (Å²) in [6.45, 7) is 10.5. The minimum Gasteiger partial charge on any atom is -0.508 e. The van der Waals surface area contributed by atoms with Gasteiger partial charge < -0.3 is 5.11 Å². The van der Waals surface area contributed by atoms with Gasteiger partial charge in [-0.3, -0.25) is 0 Å². The van der Waals surface area contributed by atoms with Gasteiger partial charge in [0.05, 0.1) is 0 Å². The molecule has 0 amide bonds. The van der Waals surface area contributed by atoms with Gasteiger partial charge in [0, 0.05) is 5.56 Å². The molecule has 0 spiro atoms. The van der Waals surface area contributed by atoms with Gasteiger partial charge >= 0.3 is 0 Å². The average Bonchev–Trinajstić information content (AvgIpc) is 3.15. The second-order valence-electron chi connectivity index (χ2n) is 6.72. The molecule has 1 N–H and O–H groups in total. The zero-order chi connectivity index (χ0) is 14.4. The van der Waals surface area contributed by atoms with Crippen LogP contribution >= 0.6 is 0 Å². The number of benzene rings is 1. The van der Waals surface area contributed by atoms with Crippen molar-refractivity contribution in [3.63, 3.8) is 0 Å². The molecule has 2 aliphatic carbocycles. The van der Waals surface area contributed by atoms with Gasteiger partial charge in [-0.05, 0) is 79.7 Å². The van der Waals surface area contributed by atoms with Crippen LogP contribution in [0.25, 0.3) is 11.8 Å². The Morgan fingerprint density at radius 3 is 2.65 bits per heavy atom. The third-order valence-corrected chi connectivity index (χ3v) is 4.88. The Hall–Kier alpha value is -1.50. The lowest BCUT2D eigenvalue weighted by atomic mass is 9.91. The molecule has 20 heavy (non-hydrogen) atoms. The first-order valence-electron chi connectivity index (χ1n) is 7.69. The fourth-order valence-electron chi connectivity index (χ4n) is 3.52. The molecule has 3 rings (SSSR count). The molecule has 0 radical (unpaired) electrons. The van der Waals surface area contributed by atoms with E-state index in [2.05, 4.69) is 39.5 Å². The fourth-order valence-corrected chi connectivity index (χ4v) is 3.52. The van der Waals surface area contributed by atoms with E-state index in [1.54, 1.807) is 0 Å². The van der Waals surface area contributed by atoms with Crippen LogP contribution in [-0.4, -0.2) is 5.11 Å². The van der Waals surface area contributed by atoms with Gasteiger partial charge in [0.1, 0.15) is 5.76 Å². The number of allylic oxidation sites excluding steroid dienone is 1. The van der Waals surface area contributed by atoms with Crippen molar-refractivity contribution in [2.45, 2.75) is 46.5 Å². The average molecular weight is 268 g/mol. The van der Waals surface area contributed by atoms with Crippen molar-refractivity contribution >= 4 is 11.8 Å². The summed E-state index contributed by atoms with van der Waals surface area (Å²) in [5, 5.41) is 9.97. The number of hydrogen-bond acceptors (Lipinski definition) is 1. The molecule has 0 heterocycles. The summed E-state index contributed by atoms with van der Waals surface area (Å²) in [6.07, 6.45) is 7.22. The van der Waals surface area contributed by atoms with Gasteiger partial charge in [0.25, 0.3) is 0 Å². The summed E-state index contributed by atoms with van der Waals surface area (Å²) < 4.78 is 0. The van der Waals surface area contributed by atoms with E-state index in [1.807, 2.05) is 0 Å². The van der Waals surface area contributed by atoms with Crippen molar-refractivity contribution in [2.24, 2.45) is 11.8 Å². The maximum absolute atomic E-state index is 9.97. The summed E-state index contributed by atoms with van der Waals surface area (Å²) in [5.41, 5.74) is 7.81. The van der Waals surface area contributed by atoms with Crippen molar-refractivity contribution in [3.8, 4) is 0 Å². The number of aliphatic hydroxyl groups excluding tert-OH is 1. The smallest absolute Gasteiger partial charge is 0.116 e. The van der Waals surface area contributed by atoms with E-state index in [0.717, 1.165) is 17.9 Å². The van der Waals surface area contributed by atoms with Crippen LogP contribution in [0.1, 0.15) is 54.5 Å². The molecule has 1 aromatic rings. The molecule has 1 fully saturated rings. The maximum Gasteiger partial charge on any atom is 0.116 e. The van der Waals surface area contributed by atoms with E-state index in [9.17, 15) is 5.11 Å². The molecule has 1 aromatic carbocycles. The number of fused-ring (bicyclic) bond motifs is 1. The minimum atomic E-state index is 0.199. The van der Waals surface area contributed by atoms with Crippen molar-refractivity contribution in [1.82, 2.24) is 0 Å². The molecule has 106 valence electrons. The summed E-state index contributed by atoms with van der Waals surface area (Å²) in [4.78, 5) is 0. The van der Waals surface area contributed by atoms with Crippen molar-refractivity contribution in [2.75, 3.05) is 0 Å². The van der Waals surface area contributed by atoms with Crippen LogP contribution in [0.2, 0.25) is 0 Å². The van der Waals surface area contributed by atoms with Crippen LogP contribution < -0.4 is 0 Å². The summed E-state index contributed by atoms with van der Waals surface area (Å²) >= 11 is 0. The summed E-state index contributed by atoms with van der Waals surface area (Å²) in [5.74, 6) is 1.68. The minimum absolute atomic E-state index is 0.199.